The highest BCUT2D eigenvalue weighted by atomic mass is 16.4. The van der Waals surface area contributed by atoms with Gasteiger partial charge in [-0.15, -0.1) is 0 Å². The number of hydrogen-bond donors (Lipinski definition) is 5. The fraction of sp³-hybridized carbons (Fsp3) is 0.593. The van der Waals surface area contributed by atoms with Gasteiger partial charge >= 0.3 is 5.97 Å². The van der Waals surface area contributed by atoms with Crippen LogP contribution in [0.3, 0.4) is 0 Å². The van der Waals surface area contributed by atoms with Crippen LogP contribution in [-0.4, -0.2) is 77.9 Å². The molecule has 208 valence electrons. The molecule has 4 amide bonds. The Hall–Kier alpha value is -3.47. The van der Waals surface area contributed by atoms with E-state index in [1.54, 1.807) is 29.2 Å². The second-order valence-corrected chi connectivity index (χ2v) is 10.2. The van der Waals surface area contributed by atoms with Gasteiger partial charge in [-0.2, -0.15) is 0 Å². The molecule has 0 bridgehead atoms. The van der Waals surface area contributed by atoms with Crippen molar-refractivity contribution in [2.45, 2.75) is 63.5 Å². The number of nitrogens with one attached hydrogen (secondary N) is 3. The predicted molar refractivity (Wildman–Crippen MR) is 140 cm³/mol. The van der Waals surface area contributed by atoms with Crippen molar-refractivity contribution in [1.29, 1.82) is 0 Å². The van der Waals surface area contributed by atoms with Crippen molar-refractivity contribution in [1.82, 2.24) is 20.9 Å². The Balaban J connectivity index is 1.56. The first-order valence-electron chi connectivity index (χ1n) is 13.4. The molecule has 2 heterocycles. The third-order valence-corrected chi connectivity index (χ3v) is 7.32. The largest absolute Gasteiger partial charge is 0.481 e. The van der Waals surface area contributed by atoms with Crippen LogP contribution in [0.1, 0.15) is 50.5 Å². The summed E-state index contributed by atoms with van der Waals surface area (Å²) in [4.78, 5) is 63.9. The minimum absolute atomic E-state index is 0.0195. The van der Waals surface area contributed by atoms with Gasteiger partial charge in [-0.05, 0) is 56.7 Å². The summed E-state index contributed by atoms with van der Waals surface area (Å²) >= 11 is 0. The van der Waals surface area contributed by atoms with Gasteiger partial charge in [0.25, 0.3) is 0 Å². The van der Waals surface area contributed by atoms with Crippen molar-refractivity contribution in [3.05, 3.63) is 35.9 Å². The molecular weight excluding hydrogens is 490 g/mol. The molecule has 2 aliphatic heterocycles. The molecule has 0 aliphatic carbocycles. The third-order valence-electron chi connectivity index (χ3n) is 7.32. The van der Waals surface area contributed by atoms with Crippen molar-refractivity contribution in [2.24, 2.45) is 17.6 Å². The summed E-state index contributed by atoms with van der Waals surface area (Å²) in [6, 6.07) is 6.49. The number of carbonyl (C=O) groups is 5. The van der Waals surface area contributed by atoms with Crippen LogP contribution in [-0.2, 0) is 30.4 Å². The maximum Gasteiger partial charge on any atom is 0.305 e. The SMILES string of the molecule is NC(=O)[C@H](Cc1ccccc1)NC(=O)[C@H](CC(=O)O)NC(=O)[C@@H]1CCCN(C(=O)CCC2CCNCC2)C1. The number of hydrogen-bond acceptors (Lipinski definition) is 6. The second-order valence-electron chi connectivity index (χ2n) is 10.2. The number of piperidine rings is 2. The van der Waals surface area contributed by atoms with E-state index in [1.807, 2.05) is 6.07 Å². The number of carboxylic acids is 1. The van der Waals surface area contributed by atoms with Gasteiger partial charge in [0.2, 0.25) is 23.6 Å². The molecule has 11 heteroatoms. The summed E-state index contributed by atoms with van der Waals surface area (Å²) < 4.78 is 0. The Morgan fingerprint density at radius 3 is 2.39 bits per heavy atom. The molecule has 2 saturated heterocycles. The van der Waals surface area contributed by atoms with Gasteiger partial charge in [0, 0.05) is 25.9 Å². The summed E-state index contributed by atoms with van der Waals surface area (Å²) in [7, 11) is 0. The molecule has 3 rings (SSSR count). The lowest BCUT2D eigenvalue weighted by atomic mass is 9.92. The first kappa shape index (κ1) is 29.1. The van der Waals surface area contributed by atoms with Crippen molar-refractivity contribution in [3.8, 4) is 0 Å². The van der Waals surface area contributed by atoms with Gasteiger partial charge in [-0.25, -0.2) is 0 Å². The van der Waals surface area contributed by atoms with E-state index in [1.165, 1.54) is 0 Å². The van der Waals surface area contributed by atoms with Crippen LogP contribution in [0.15, 0.2) is 30.3 Å². The summed E-state index contributed by atoms with van der Waals surface area (Å²) in [5.74, 6) is -3.33. The lowest BCUT2D eigenvalue weighted by Crippen LogP contribution is -2.56. The molecule has 0 aromatic heterocycles. The highest BCUT2D eigenvalue weighted by Gasteiger charge is 2.33. The number of benzene rings is 1. The number of carboxylic acid groups (broad SMARTS) is 1. The van der Waals surface area contributed by atoms with E-state index in [0.29, 0.717) is 31.7 Å². The minimum atomic E-state index is -1.39. The number of rotatable bonds is 12. The average molecular weight is 530 g/mol. The lowest BCUT2D eigenvalue weighted by molar-refractivity contribution is -0.141. The predicted octanol–water partition coefficient (Wildman–Crippen LogP) is 0.177. The second kappa shape index (κ2) is 14.5. The molecule has 11 nitrogen and oxygen atoms in total. The average Bonchev–Trinajstić information content (AvgIpc) is 2.91. The molecule has 38 heavy (non-hydrogen) atoms. The molecule has 0 saturated carbocycles. The van der Waals surface area contributed by atoms with Gasteiger partial charge < -0.3 is 31.7 Å². The monoisotopic (exact) mass is 529 g/mol. The summed E-state index contributed by atoms with van der Waals surface area (Å²) in [5.41, 5.74) is 6.24. The first-order valence-corrected chi connectivity index (χ1v) is 13.4. The van der Waals surface area contributed by atoms with Crippen LogP contribution in [0.2, 0.25) is 0 Å². The molecule has 2 aliphatic rings. The number of carbonyl (C=O) groups excluding carboxylic acids is 4. The fourth-order valence-electron chi connectivity index (χ4n) is 5.09. The Morgan fingerprint density at radius 2 is 1.74 bits per heavy atom. The van der Waals surface area contributed by atoms with Crippen LogP contribution in [0.5, 0.6) is 0 Å². The van der Waals surface area contributed by atoms with E-state index in [0.717, 1.165) is 37.9 Å². The number of nitrogens with two attached hydrogens (primary N) is 1. The molecule has 0 spiro atoms. The van der Waals surface area contributed by atoms with Crippen LogP contribution in [0.25, 0.3) is 0 Å². The van der Waals surface area contributed by atoms with Crippen molar-refractivity contribution < 1.29 is 29.1 Å². The van der Waals surface area contributed by atoms with Crippen LogP contribution >= 0.6 is 0 Å². The van der Waals surface area contributed by atoms with Gasteiger partial charge in [-0.3, -0.25) is 24.0 Å². The minimum Gasteiger partial charge on any atom is -0.481 e. The van der Waals surface area contributed by atoms with Crippen molar-refractivity contribution >= 4 is 29.6 Å². The highest BCUT2D eigenvalue weighted by Crippen LogP contribution is 2.22. The number of aliphatic carboxylic acids is 1. The zero-order chi connectivity index (χ0) is 27.5. The Labute approximate surface area is 222 Å². The molecule has 0 unspecified atom stereocenters. The van der Waals surface area contributed by atoms with E-state index in [2.05, 4.69) is 16.0 Å². The van der Waals surface area contributed by atoms with Gasteiger partial charge in [-0.1, -0.05) is 30.3 Å². The van der Waals surface area contributed by atoms with Crippen LogP contribution < -0.4 is 21.7 Å². The molecule has 0 radical (unpaired) electrons. The standard InChI is InChI=1S/C27H39N5O6/c28-25(36)21(15-19-5-2-1-3-6-19)30-27(38)22(16-24(34)35)31-26(37)20-7-4-14-32(17-20)23(33)9-8-18-10-12-29-13-11-18/h1-3,5-6,18,20-22,29H,4,7-17H2,(H2,28,36)(H,30,38)(H,31,37)(H,34,35)/t20-,21+,22+/m1/s1. The lowest BCUT2D eigenvalue weighted by Gasteiger charge is -2.33. The Kier molecular flexibility index (Phi) is 11.1. The number of nitrogens with zero attached hydrogens (tertiary/aromatic N) is 1. The van der Waals surface area contributed by atoms with Crippen LogP contribution in [0, 0.1) is 11.8 Å². The Morgan fingerprint density at radius 1 is 1.03 bits per heavy atom. The smallest absolute Gasteiger partial charge is 0.305 e. The summed E-state index contributed by atoms with van der Waals surface area (Å²) in [6.45, 7) is 2.76. The van der Waals surface area contributed by atoms with E-state index in [9.17, 15) is 29.1 Å². The topological polar surface area (TPSA) is 171 Å². The quantitative estimate of drug-likeness (QED) is 0.257. The van der Waals surface area contributed by atoms with E-state index < -0.39 is 48.1 Å². The van der Waals surface area contributed by atoms with Gasteiger partial charge in [0.1, 0.15) is 12.1 Å². The summed E-state index contributed by atoms with van der Waals surface area (Å²) in [5, 5.41) is 17.7. The Bertz CT molecular complexity index is 981. The molecule has 6 N–H and O–H groups in total. The van der Waals surface area contributed by atoms with Crippen molar-refractivity contribution in [2.75, 3.05) is 26.2 Å². The first-order chi connectivity index (χ1) is 18.2. The van der Waals surface area contributed by atoms with Crippen molar-refractivity contribution in [3.63, 3.8) is 0 Å². The fourth-order valence-corrected chi connectivity index (χ4v) is 5.09. The molecule has 1 aromatic rings. The zero-order valence-electron chi connectivity index (χ0n) is 21.7. The van der Waals surface area contributed by atoms with E-state index in [-0.39, 0.29) is 18.9 Å². The number of amides is 4. The normalized spacial score (nSPS) is 19.7. The third kappa shape index (κ3) is 9.13. The van der Waals surface area contributed by atoms with E-state index in [4.69, 9.17) is 5.73 Å². The molecule has 1 aromatic carbocycles. The van der Waals surface area contributed by atoms with Crippen LogP contribution in [0.4, 0.5) is 0 Å². The zero-order valence-corrected chi connectivity index (χ0v) is 21.7. The molecule has 2 fully saturated rings. The number of primary amides is 1. The van der Waals surface area contributed by atoms with E-state index >= 15 is 0 Å². The number of likely N-dealkylation sites (tertiary alicyclic amines) is 1. The van der Waals surface area contributed by atoms with Gasteiger partial charge in [0.15, 0.2) is 0 Å². The van der Waals surface area contributed by atoms with Gasteiger partial charge in [0.05, 0.1) is 12.3 Å². The maximum atomic E-state index is 13.1. The molecular formula is C27H39N5O6. The highest BCUT2D eigenvalue weighted by molar-refractivity contribution is 5.94. The maximum absolute atomic E-state index is 13.1. The molecule has 3 atom stereocenters. The summed E-state index contributed by atoms with van der Waals surface area (Å²) in [6.07, 6.45) is 4.06.